The summed E-state index contributed by atoms with van der Waals surface area (Å²) in [5.74, 6) is 1.14. The SMILES string of the molecule is COc1cc(-c2cc(N)on2)c(SC)cc1C. The zero-order chi connectivity index (χ0) is 12.4. The van der Waals surface area contributed by atoms with Crippen molar-refractivity contribution in [2.45, 2.75) is 11.8 Å². The van der Waals surface area contributed by atoms with Gasteiger partial charge in [0.05, 0.1) is 7.11 Å². The Morgan fingerprint density at radius 2 is 2.12 bits per heavy atom. The van der Waals surface area contributed by atoms with Crippen molar-refractivity contribution in [3.8, 4) is 17.0 Å². The Bertz CT molecular complexity index is 537. The van der Waals surface area contributed by atoms with Gasteiger partial charge in [0.15, 0.2) is 0 Å². The molecule has 1 aromatic heterocycles. The Balaban J connectivity index is 2.58. The molecule has 0 saturated heterocycles. The topological polar surface area (TPSA) is 61.3 Å². The Morgan fingerprint density at radius 3 is 2.65 bits per heavy atom. The van der Waals surface area contributed by atoms with Crippen LogP contribution in [0.15, 0.2) is 27.6 Å². The van der Waals surface area contributed by atoms with Crippen molar-refractivity contribution in [3.05, 3.63) is 23.8 Å². The van der Waals surface area contributed by atoms with Crippen molar-refractivity contribution in [3.63, 3.8) is 0 Å². The number of ether oxygens (including phenoxy) is 1. The number of nitrogens with zero attached hydrogens (tertiary/aromatic N) is 1. The second kappa shape index (κ2) is 4.71. The van der Waals surface area contributed by atoms with Crippen molar-refractivity contribution in [1.82, 2.24) is 5.16 Å². The van der Waals surface area contributed by atoms with Gasteiger partial charge in [-0.2, -0.15) is 0 Å². The Labute approximate surface area is 104 Å². The summed E-state index contributed by atoms with van der Waals surface area (Å²) in [5, 5.41) is 3.93. The van der Waals surface area contributed by atoms with Crippen LogP contribution in [0.5, 0.6) is 5.75 Å². The van der Waals surface area contributed by atoms with Crippen molar-refractivity contribution in [2.75, 3.05) is 19.1 Å². The number of thioether (sulfide) groups is 1. The maximum atomic E-state index is 5.54. The smallest absolute Gasteiger partial charge is 0.222 e. The highest BCUT2D eigenvalue weighted by atomic mass is 32.2. The summed E-state index contributed by atoms with van der Waals surface area (Å²) in [6.45, 7) is 2.01. The summed E-state index contributed by atoms with van der Waals surface area (Å²) in [6.07, 6.45) is 2.02. The molecule has 90 valence electrons. The molecule has 0 amide bonds. The van der Waals surface area contributed by atoms with E-state index in [-0.39, 0.29) is 0 Å². The Morgan fingerprint density at radius 1 is 1.35 bits per heavy atom. The van der Waals surface area contributed by atoms with E-state index in [2.05, 4.69) is 11.2 Å². The van der Waals surface area contributed by atoms with E-state index in [9.17, 15) is 0 Å². The zero-order valence-electron chi connectivity index (χ0n) is 9.98. The first kappa shape index (κ1) is 11.9. The average Bonchev–Trinajstić information content (AvgIpc) is 2.75. The van der Waals surface area contributed by atoms with E-state index >= 15 is 0 Å². The lowest BCUT2D eigenvalue weighted by Gasteiger charge is -2.10. The van der Waals surface area contributed by atoms with E-state index < -0.39 is 0 Å². The number of aryl methyl sites for hydroxylation is 1. The summed E-state index contributed by atoms with van der Waals surface area (Å²) in [7, 11) is 1.65. The molecule has 0 aliphatic carbocycles. The number of hydrogen-bond acceptors (Lipinski definition) is 5. The van der Waals surface area contributed by atoms with Crippen LogP contribution >= 0.6 is 11.8 Å². The van der Waals surface area contributed by atoms with Crippen LogP contribution < -0.4 is 10.5 Å². The predicted molar refractivity (Wildman–Crippen MR) is 69.4 cm³/mol. The molecule has 0 radical (unpaired) electrons. The van der Waals surface area contributed by atoms with E-state index in [0.29, 0.717) is 5.88 Å². The van der Waals surface area contributed by atoms with Gasteiger partial charge in [-0.1, -0.05) is 5.16 Å². The first-order valence-electron chi connectivity index (χ1n) is 5.11. The molecule has 1 heterocycles. The lowest BCUT2D eigenvalue weighted by molar-refractivity contribution is 0.411. The molecular formula is C12H14N2O2S. The lowest BCUT2D eigenvalue weighted by Crippen LogP contribution is -1.91. The van der Waals surface area contributed by atoms with Crippen LogP contribution in [0.2, 0.25) is 0 Å². The highest BCUT2D eigenvalue weighted by molar-refractivity contribution is 7.98. The summed E-state index contributed by atoms with van der Waals surface area (Å²) < 4.78 is 10.2. The molecule has 0 aliphatic rings. The largest absolute Gasteiger partial charge is 0.496 e. The van der Waals surface area contributed by atoms with E-state index in [1.54, 1.807) is 24.9 Å². The van der Waals surface area contributed by atoms with Gasteiger partial charge < -0.3 is 15.0 Å². The maximum Gasteiger partial charge on any atom is 0.222 e. The Kier molecular flexibility index (Phi) is 3.28. The standard InChI is InChI=1S/C12H14N2O2S/c1-7-4-11(17-3)8(5-10(7)15-2)9-6-12(13)16-14-9/h4-6H,13H2,1-3H3. The molecule has 0 unspecified atom stereocenters. The number of methoxy groups -OCH3 is 1. The van der Waals surface area contributed by atoms with Crippen LogP contribution in [-0.4, -0.2) is 18.5 Å². The van der Waals surface area contributed by atoms with E-state index in [1.165, 1.54) is 0 Å². The summed E-state index contributed by atoms with van der Waals surface area (Å²) >= 11 is 1.65. The van der Waals surface area contributed by atoms with Gasteiger partial charge in [-0.3, -0.25) is 0 Å². The minimum atomic E-state index is 0.312. The lowest BCUT2D eigenvalue weighted by atomic mass is 10.1. The van der Waals surface area contributed by atoms with Crippen LogP contribution in [0, 0.1) is 6.92 Å². The number of aromatic nitrogens is 1. The summed E-state index contributed by atoms with van der Waals surface area (Å²) in [5.41, 5.74) is 8.33. The molecule has 1 aromatic carbocycles. The molecule has 0 spiro atoms. The van der Waals surface area contributed by atoms with Crippen molar-refractivity contribution >= 4 is 17.6 Å². The van der Waals surface area contributed by atoms with Gasteiger partial charge >= 0.3 is 0 Å². The molecule has 0 aliphatic heterocycles. The molecule has 0 bridgehead atoms. The van der Waals surface area contributed by atoms with E-state index in [1.807, 2.05) is 19.2 Å². The summed E-state index contributed by atoms with van der Waals surface area (Å²) in [6, 6.07) is 5.74. The maximum absolute atomic E-state index is 5.54. The molecule has 2 N–H and O–H groups in total. The Hall–Kier alpha value is -1.62. The molecular weight excluding hydrogens is 236 g/mol. The van der Waals surface area contributed by atoms with Crippen LogP contribution in [0.25, 0.3) is 11.3 Å². The van der Waals surface area contributed by atoms with Gasteiger partial charge in [0, 0.05) is 16.5 Å². The van der Waals surface area contributed by atoms with E-state index in [4.69, 9.17) is 15.0 Å². The molecule has 17 heavy (non-hydrogen) atoms. The second-order valence-corrected chi connectivity index (χ2v) is 4.48. The van der Waals surface area contributed by atoms with Gasteiger partial charge in [-0.05, 0) is 30.9 Å². The zero-order valence-corrected chi connectivity index (χ0v) is 10.8. The van der Waals surface area contributed by atoms with Gasteiger partial charge in [-0.25, -0.2) is 0 Å². The molecule has 0 fully saturated rings. The summed E-state index contributed by atoms with van der Waals surface area (Å²) in [4.78, 5) is 1.12. The predicted octanol–water partition coefficient (Wildman–Crippen LogP) is 2.96. The number of hydrogen-bond donors (Lipinski definition) is 1. The van der Waals surface area contributed by atoms with Gasteiger partial charge in [0.1, 0.15) is 11.4 Å². The second-order valence-electron chi connectivity index (χ2n) is 3.64. The van der Waals surface area contributed by atoms with E-state index in [0.717, 1.165) is 27.5 Å². The number of rotatable bonds is 3. The molecule has 2 rings (SSSR count). The molecule has 4 nitrogen and oxygen atoms in total. The first-order chi connectivity index (χ1) is 8.15. The minimum Gasteiger partial charge on any atom is -0.496 e. The van der Waals surface area contributed by atoms with Gasteiger partial charge in [0.25, 0.3) is 0 Å². The van der Waals surface area contributed by atoms with Crippen molar-refractivity contribution in [1.29, 1.82) is 0 Å². The van der Waals surface area contributed by atoms with Crippen LogP contribution in [0.4, 0.5) is 5.88 Å². The molecule has 0 atom stereocenters. The fourth-order valence-electron chi connectivity index (χ4n) is 1.67. The van der Waals surface area contributed by atoms with Gasteiger partial charge in [0.2, 0.25) is 5.88 Å². The fourth-order valence-corrected chi connectivity index (χ4v) is 2.34. The average molecular weight is 250 g/mol. The van der Waals surface area contributed by atoms with Crippen LogP contribution in [0.3, 0.4) is 0 Å². The van der Waals surface area contributed by atoms with Crippen LogP contribution in [0.1, 0.15) is 5.56 Å². The quantitative estimate of drug-likeness (QED) is 0.848. The van der Waals surface area contributed by atoms with Crippen molar-refractivity contribution in [2.24, 2.45) is 0 Å². The van der Waals surface area contributed by atoms with Crippen LogP contribution in [-0.2, 0) is 0 Å². The third kappa shape index (κ3) is 2.24. The van der Waals surface area contributed by atoms with Crippen molar-refractivity contribution < 1.29 is 9.26 Å². The highest BCUT2D eigenvalue weighted by Crippen LogP contribution is 2.35. The third-order valence-electron chi connectivity index (χ3n) is 2.52. The third-order valence-corrected chi connectivity index (χ3v) is 3.30. The number of benzene rings is 1. The fraction of sp³-hybridized carbons (Fsp3) is 0.250. The minimum absolute atomic E-state index is 0.312. The van der Waals surface area contributed by atoms with Gasteiger partial charge in [-0.15, -0.1) is 11.8 Å². The number of anilines is 1. The molecule has 5 heteroatoms. The number of nitrogens with two attached hydrogens (primary N) is 1. The highest BCUT2D eigenvalue weighted by Gasteiger charge is 2.12. The number of nitrogen functional groups attached to an aromatic ring is 1. The normalized spacial score (nSPS) is 10.5. The molecule has 0 saturated carbocycles. The monoisotopic (exact) mass is 250 g/mol. The molecule has 2 aromatic rings. The first-order valence-corrected chi connectivity index (χ1v) is 6.33.